The molecule has 8 heteroatoms. The van der Waals surface area contributed by atoms with Crippen molar-refractivity contribution in [2.75, 3.05) is 11.0 Å². The van der Waals surface area contributed by atoms with Gasteiger partial charge in [-0.05, 0) is 36.1 Å². The van der Waals surface area contributed by atoms with Gasteiger partial charge in [-0.25, -0.2) is 22.0 Å². The number of nitrogens with one attached hydrogen (secondary N) is 1. The Bertz CT molecular complexity index is 654. The zero-order valence-electron chi connectivity index (χ0n) is 11.1. The molecule has 1 rings (SSSR count). The third kappa shape index (κ3) is 4.19. The molecular formula is C11H18N2O4S2. The van der Waals surface area contributed by atoms with Gasteiger partial charge in [0.1, 0.15) is 0 Å². The summed E-state index contributed by atoms with van der Waals surface area (Å²) in [6.07, 6.45) is 2.04. The molecule has 0 unspecified atom stereocenters. The molecule has 0 amide bonds. The maximum atomic E-state index is 11.4. The Kier molecular flexibility index (Phi) is 4.59. The molecule has 108 valence electrons. The van der Waals surface area contributed by atoms with Crippen LogP contribution in [0.3, 0.4) is 0 Å². The van der Waals surface area contributed by atoms with Crippen LogP contribution < -0.4 is 9.86 Å². The minimum absolute atomic E-state index is 0.000232. The average molecular weight is 306 g/mol. The molecular weight excluding hydrogens is 288 g/mol. The maximum absolute atomic E-state index is 11.4. The van der Waals surface area contributed by atoms with Crippen molar-refractivity contribution >= 4 is 25.7 Å². The predicted molar refractivity (Wildman–Crippen MR) is 75.0 cm³/mol. The SMILES string of the molecule is CCc1cc(S(N)(=O)=O)cc(CC)c1NS(C)(=O)=O. The second-order valence-corrected chi connectivity index (χ2v) is 7.55. The summed E-state index contributed by atoms with van der Waals surface area (Å²) in [5.74, 6) is 0. The van der Waals surface area contributed by atoms with E-state index >= 15 is 0 Å². The van der Waals surface area contributed by atoms with Crippen molar-refractivity contribution in [3.8, 4) is 0 Å². The zero-order valence-corrected chi connectivity index (χ0v) is 12.7. The van der Waals surface area contributed by atoms with Gasteiger partial charge in [-0.3, -0.25) is 4.72 Å². The normalized spacial score (nSPS) is 12.4. The quantitative estimate of drug-likeness (QED) is 0.840. The summed E-state index contributed by atoms with van der Waals surface area (Å²) in [5, 5.41) is 5.11. The van der Waals surface area contributed by atoms with Crippen molar-refractivity contribution < 1.29 is 16.8 Å². The molecule has 3 N–H and O–H groups in total. The van der Waals surface area contributed by atoms with Gasteiger partial charge in [0.2, 0.25) is 20.0 Å². The summed E-state index contributed by atoms with van der Waals surface area (Å²) in [7, 11) is -7.23. The first-order valence-corrected chi connectivity index (χ1v) is 9.18. The van der Waals surface area contributed by atoms with Crippen molar-refractivity contribution in [2.45, 2.75) is 31.6 Å². The minimum atomic E-state index is -3.81. The van der Waals surface area contributed by atoms with Gasteiger partial charge < -0.3 is 0 Å². The fourth-order valence-corrected chi connectivity index (χ4v) is 3.02. The van der Waals surface area contributed by atoms with E-state index in [-0.39, 0.29) is 4.90 Å². The fourth-order valence-electron chi connectivity index (χ4n) is 1.77. The first-order chi connectivity index (χ1) is 8.58. The van der Waals surface area contributed by atoms with Gasteiger partial charge in [-0.1, -0.05) is 13.8 Å². The number of hydrogen-bond acceptors (Lipinski definition) is 4. The van der Waals surface area contributed by atoms with Crippen LogP contribution in [-0.4, -0.2) is 23.1 Å². The lowest BCUT2D eigenvalue weighted by atomic mass is 10.0. The van der Waals surface area contributed by atoms with Crippen LogP contribution in [0.1, 0.15) is 25.0 Å². The Morgan fingerprint density at radius 3 is 1.74 bits per heavy atom. The molecule has 0 fully saturated rings. The number of sulfonamides is 2. The number of rotatable bonds is 5. The van der Waals surface area contributed by atoms with Crippen molar-refractivity contribution in [3.05, 3.63) is 23.3 Å². The van der Waals surface area contributed by atoms with Crippen molar-refractivity contribution in [1.29, 1.82) is 0 Å². The Balaban J connectivity index is 3.55. The number of aryl methyl sites for hydroxylation is 2. The van der Waals surface area contributed by atoms with Crippen LogP contribution in [0.4, 0.5) is 5.69 Å². The molecule has 0 atom stereocenters. The van der Waals surface area contributed by atoms with E-state index in [0.717, 1.165) is 6.26 Å². The van der Waals surface area contributed by atoms with Crippen LogP contribution in [0.15, 0.2) is 17.0 Å². The second-order valence-electron chi connectivity index (χ2n) is 4.24. The van der Waals surface area contributed by atoms with Crippen LogP contribution in [0.5, 0.6) is 0 Å². The first-order valence-electron chi connectivity index (χ1n) is 5.74. The minimum Gasteiger partial charge on any atom is -0.283 e. The molecule has 1 aromatic rings. The van der Waals surface area contributed by atoms with E-state index in [1.165, 1.54) is 12.1 Å². The van der Waals surface area contributed by atoms with Gasteiger partial charge in [-0.15, -0.1) is 0 Å². The summed E-state index contributed by atoms with van der Waals surface area (Å²) in [5.41, 5.74) is 1.66. The third-order valence-corrected chi connectivity index (χ3v) is 4.12. The molecule has 0 aliphatic carbocycles. The predicted octanol–water partition coefficient (Wildman–Crippen LogP) is 0.830. The van der Waals surface area contributed by atoms with Gasteiger partial charge in [0.15, 0.2) is 0 Å². The molecule has 0 bridgehead atoms. The topological polar surface area (TPSA) is 106 Å². The number of nitrogens with two attached hydrogens (primary N) is 1. The highest BCUT2D eigenvalue weighted by Crippen LogP contribution is 2.27. The molecule has 6 nitrogen and oxygen atoms in total. The summed E-state index contributed by atoms with van der Waals surface area (Å²) in [4.78, 5) is 0.000232. The zero-order chi connectivity index (χ0) is 14.8. The Labute approximate surface area is 114 Å². The molecule has 19 heavy (non-hydrogen) atoms. The van der Waals surface area contributed by atoms with E-state index in [4.69, 9.17) is 5.14 Å². The Hall–Kier alpha value is -1.12. The summed E-state index contributed by atoms with van der Waals surface area (Å²) in [6, 6.07) is 2.81. The summed E-state index contributed by atoms with van der Waals surface area (Å²) >= 11 is 0. The third-order valence-electron chi connectivity index (χ3n) is 2.65. The van der Waals surface area contributed by atoms with E-state index in [1.54, 1.807) is 0 Å². The smallest absolute Gasteiger partial charge is 0.238 e. The monoisotopic (exact) mass is 306 g/mol. The average Bonchev–Trinajstić information content (AvgIpc) is 2.25. The molecule has 0 spiro atoms. The van der Waals surface area contributed by atoms with Crippen molar-refractivity contribution in [3.63, 3.8) is 0 Å². The lowest BCUT2D eigenvalue weighted by Gasteiger charge is -2.15. The molecule has 0 saturated heterocycles. The van der Waals surface area contributed by atoms with Gasteiger partial charge in [0, 0.05) is 0 Å². The van der Waals surface area contributed by atoms with E-state index in [1.807, 2.05) is 13.8 Å². The van der Waals surface area contributed by atoms with Crippen molar-refractivity contribution in [1.82, 2.24) is 0 Å². The van der Waals surface area contributed by atoms with Crippen LogP contribution in [0, 0.1) is 0 Å². The molecule has 0 radical (unpaired) electrons. The molecule has 0 aliphatic heterocycles. The second kappa shape index (κ2) is 5.48. The molecule has 0 aliphatic rings. The van der Waals surface area contributed by atoms with Crippen LogP contribution >= 0.6 is 0 Å². The fraction of sp³-hybridized carbons (Fsp3) is 0.455. The van der Waals surface area contributed by atoms with Gasteiger partial charge >= 0.3 is 0 Å². The molecule has 0 heterocycles. The number of benzene rings is 1. The van der Waals surface area contributed by atoms with Crippen LogP contribution in [0.2, 0.25) is 0 Å². The number of hydrogen-bond donors (Lipinski definition) is 2. The lowest BCUT2D eigenvalue weighted by molar-refractivity contribution is 0.597. The highest BCUT2D eigenvalue weighted by atomic mass is 32.2. The van der Waals surface area contributed by atoms with Crippen LogP contribution in [-0.2, 0) is 32.9 Å². The summed E-state index contributed by atoms with van der Waals surface area (Å²) in [6.45, 7) is 3.63. The molecule has 1 aromatic carbocycles. The van der Waals surface area contributed by atoms with Crippen LogP contribution in [0.25, 0.3) is 0 Å². The highest BCUT2D eigenvalue weighted by Gasteiger charge is 2.17. The van der Waals surface area contributed by atoms with E-state index in [2.05, 4.69) is 4.72 Å². The summed E-state index contributed by atoms with van der Waals surface area (Å²) < 4.78 is 48.0. The van der Waals surface area contributed by atoms with E-state index in [0.29, 0.717) is 29.7 Å². The Morgan fingerprint density at radius 2 is 1.47 bits per heavy atom. The van der Waals surface area contributed by atoms with Gasteiger partial charge in [0.25, 0.3) is 0 Å². The number of anilines is 1. The van der Waals surface area contributed by atoms with E-state index < -0.39 is 20.0 Å². The van der Waals surface area contributed by atoms with Gasteiger partial charge in [0.05, 0.1) is 16.8 Å². The highest BCUT2D eigenvalue weighted by molar-refractivity contribution is 7.92. The standard InChI is InChI=1S/C11H18N2O4S2/c1-4-8-6-10(19(12,16)17)7-9(5-2)11(8)13-18(3,14)15/h6-7,13H,4-5H2,1-3H3,(H2,12,16,17). The van der Waals surface area contributed by atoms with Gasteiger partial charge in [-0.2, -0.15) is 0 Å². The van der Waals surface area contributed by atoms with Crippen molar-refractivity contribution in [2.24, 2.45) is 5.14 Å². The maximum Gasteiger partial charge on any atom is 0.238 e. The van der Waals surface area contributed by atoms with E-state index in [9.17, 15) is 16.8 Å². The largest absolute Gasteiger partial charge is 0.283 e. The molecule has 0 saturated carbocycles. The molecule has 0 aromatic heterocycles. The lowest BCUT2D eigenvalue weighted by Crippen LogP contribution is -2.16. The number of primary sulfonamides is 1. The Morgan fingerprint density at radius 1 is 1.05 bits per heavy atom. The first kappa shape index (κ1) is 15.9.